The van der Waals surface area contributed by atoms with Crippen molar-refractivity contribution in [2.45, 2.75) is 18.6 Å². The predicted molar refractivity (Wildman–Crippen MR) is 76.0 cm³/mol. The maximum absolute atomic E-state index is 13.5. The maximum atomic E-state index is 13.5. The second-order valence-electron chi connectivity index (χ2n) is 5.51. The summed E-state index contributed by atoms with van der Waals surface area (Å²) in [6.07, 6.45) is 1.01. The van der Waals surface area contributed by atoms with Crippen molar-refractivity contribution in [3.8, 4) is 0 Å². The summed E-state index contributed by atoms with van der Waals surface area (Å²) in [5, 5.41) is 3.57. The smallest absolute Gasteiger partial charge is 0.123 e. The van der Waals surface area contributed by atoms with Gasteiger partial charge in [-0.15, -0.1) is 0 Å². The molecule has 0 aliphatic carbocycles. The molecule has 0 unspecified atom stereocenters. The van der Waals surface area contributed by atoms with Crippen LogP contribution in [-0.2, 0) is 4.74 Å². The Kier molecular flexibility index (Phi) is 2.74. The van der Waals surface area contributed by atoms with E-state index in [0.29, 0.717) is 5.92 Å². The number of rotatable bonds is 1. The molecule has 2 heterocycles. The third-order valence-corrected chi connectivity index (χ3v) is 4.36. The molecule has 2 aliphatic heterocycles. The first-order valence-corrected chi connectivity index (χ1v) is 7.05. The van der Waals surface area contributed by atoms with Crippen molar-refractivity contribution in [1.29, 1.82) is 0 Å². The van der Waals surface area contributed by atoms with Crippen LogP contribution in [0.15, 0.2) is 48.5 Å². The van der Waals surface area contributed by atoms with Gasteiger partial charge in [-0.25, -0.2) is 4.39 Å². The molecule has 3 atom stereocenters. The van der Waals surface area contributed by atoms with Crippen LogP contribution in [0, 0.1) is 11.7 Å². The zero-order valence-corrected chi connectivity index (χ0v) is 11.1. The molecule has 2 aromatic carbocycles. The summed E-state index contributed by atoms with van der Waals surface area (Å²) in [5.74, 6) is 0.171. The van der Waals surface area contributed by atoms with Crippen molar-refractivity contribution in [2.24, 2.45) is 5.92 Å². The number of hydrogen-bond acceptors (Lipinski definition) is 2. The molecule has 4 rings (SSSR count). The molecule has 1 N–H and O–H groups in total. The van der Waals surface area contributed by atoms with Gasteiger partial charge in [0.1, 0.15) is 5.82 Å². The average Bonchev–Trinajstić information content (AvgIpc) is 2.97. The summed E-state index contributed by atoms with van der Waals surface area (Å²) in [4.78, 5) is 0. The van der Waals surface area contributed by atoms with Crippen LogP contribution in [-0.4, -0.2) is 6.61 Å². The molecule has 1 fully saturated rings. The summed E-state index contributed by atoms with van der Waals surface area (Å²) in [7, 11) is 0. The van der Waals surface area contributed by atoms with E-state index in [-0.39, 0.29) is 18.0 Å². The number of fused-ring (bicyclic) bond motifs is 3. The van der Waals surface area contributed by atoms with Crippen LogP contribution in [0.4, 0.5) is 10.1 Å². The van der Waals surface area contributed by atoms with Gasteiger partial charge < -0.3 is 10.1 Å². The molecule has 20 heavy (non-hydrogen) atoms. The fourth-order valence-corrected chi connectivity index (χ4v) is 3.43. The molecule has 1 saturated heterocycles. The second-order valence-corrected chi connectivity index (χ2v) is 5.51. The molecule has 0 spiro atoms. The lowest BCUT2D eigenvalue weighted by Gasteiger charge is -2.36. The molecular weight excluding hydrogens is 253 g/mol. The summed E-state index contributed by atoms with van der Waals surface area (Å²) < 4.78 is 19.4. The number of halogens is 1. The van der Waals surface area contributed by atoms with E-state index in [0.717, 1.165) is 24.3 Å². The molecule has 2 aromatic rings. The van der Waals surface area contributed by atoms with Gasteiger partial charge in [0, 0.05) is 23.8 Å². The Labute approximate surface area is 117 Å². The number of hydrogen-bond donors (Lipinski definition) is 1. The van der Waals surface area contributed by atoms with Gasteiger partial charge >= 0.3 is 0 Å². The molecular formula is C17H16FNO. The van der Waals surface area contributed by atoms with Crippen molar-refractivity contribution in [3.05, 3.63) is 65.5 Å². The van der Waals surface area contributed by atoms with Gasteiger partial charge in [-0.1, -0.05) is 30.3 Å². The van der Waals surface area contributed by atoms with E-state index in [1.54, 1.807) is 6.07 Å². The van der Waals surface area contributed by atoms with E-state index in [1.807, 2.05) is 12.1 Å². The first kappa shape index (κ1) is 11.9. The number of benzene rings is 2. The van der Waals surface area contributed by atoms with Crippen LogP contribution in [0.3, 0.4) is 0 Å². The highest BCUT2D eigenvalue weighted by Crippen LogP contribution is 2.49. The number of nitrogens with one attached hydrogen (secondary N) is 1. The molecule has 3 heteroatoms. The third-order valence-electron chi connectivity index (χ3n) is 4.36. The van der Waals surface area contributed by atoms with Crippen molar-refractivity contribution < 1.29 is 9.13 Å². The molecule has 0 bridgehead atoms. The van der Waals surface area contributed by atoms with Gasteiger partial charge in [0.2, 0.25) is 0 Å². The number of ether oxygens (including phenoxy) is 1. The molecule has 2 aliphatic rings. The Morgan fingerprint density at radius 1 is 1.10 bits per heavy atom. The lowest BCUT2D eigenvalue weighted by Crippen LogP contribution is -2.29. The minimum absolute atomic E-state index is 0.00663. The zero-order chi connectivity index (χ0) is 13.5. The van der Waals surface area contributed by atoms with E-state index in [9.17, 15) is 4.39 Å². The van der Waals surface area contributed by atoms with Crippen LogP contribution >= 0.6 is 0 Å². The van der Waals surface area contributed by atoms with Crippen LogP contribution in [0.25, 0.3) is 0 Å². The SMILES string of the molecule is Fc1ccc2c(c1)[C@H]1OCC[C@@H]1[C@@H](c1ccccc1)N2. The number of anilines is 1. The fourth-order valence-electron chi connectivity index (χ4n) is 3.43. The fraction of sp³-hybridized carbons (Fsp3) is 0.294. The molecule has 2 nitrogen and oxygen atoms in total. The molecule has 102 valence electrons. The van der Waals surface area contributed by atoms with E-state index in [4.69, 9.17) is 4.74 Å². The van der Waals surface area contributed by atoms with Crippen molar-refractivity contribution in [1.82, 2.24) is 0 Å². The van der Waals surface area contributed by atoms with Crippen molar-refractivity contribution in [3.63, 3.8) is 0 Å². The quantitative estimate of drug-likeness (QED) is 0.842. The van der Waals surface area contributed by atoms with Crippen LogP contribution in [0.2, 0.25) is 0 Å². The summed E-state index contributed by atoms with van der Waals surface area (Å²) >= 11 is 0. The minimum atomic E-state index is -0.196. The van der Waals surface area contributed by atoms with E-state index >= 15 is 0 Å². The van der Waals surface area contributed by atoms with Gasteiger partial charge in [-0.2, -0.15) is 0 Å². The summed E-state index contributed by atoms with van der Waals surface area (Å²) in [6.45, 7) is 0.746. The van der Waals surface area contributed by atoms with E-state index in [2.05, 4.69) is 29.6 Å². The first-order valence-electron chi connectivity index (χ1n) is 7.05. The van der Waals surface area contributed by atoms with Gasteiger partial charge in [-0.3, -0.25) is 0 Å². The maximum Gasteiger partial charge on any atom is 0.123 e. The Morgan fingerprint density at radius 2 is 1.95 bits per heavy atom. The van der Waals surface area contributed by atoms with Gasteiger partial charge in [0.15, 0.2) is 0 Å². The molecule has 0 amide bonds. The second kappa shape index (κ2) is 4.60. The van der Waals surface area contributed by atoms with Gasteiger partial charge in [-0.05, 0) is 30.2 Å². The average molecular weight is 269 g/mol. The van der Waals surface area contributed by atoms with Crippen LogP contribution in [0.1, 0.15) is 29.7 Å². The lowest BCUT2D eigenvalue weighted by atomic mass is 9.81. The first-order chi connectivity index (χ1) is 9.83. The van der Waals surface area contributed by atoms with Gasteiger partial charge in [0.25, 0.3) is 0 Å². The highest BCUT2D eigenvalue weighted by atomic mass is 19.1. The Morgan fingerprint density at radius 3 is 2.80 bits per heavy atom. The van der Waals surface area contributed by atoms with E-state index in [1.165, 1.54) is 11.6 Å². The summed E-state index contributed by atoms with van der Waals surface area (Å²) in [6, 6.07) is 15.6. The predicted octanol–water partition coefficient (Wildman–Crippen LogP) is 4.07. The van der Waals surface area contributed by atoms with Gasteiger partial charge in [0.05, 0.1) is 12.1 Å². The lowest BCUT2D eigenvalue weighted by molar-refractivity contribution is 0.0826. The van der Waals surface area contributed by atoms with Crippen molar-refractivity contribution in [2.75, 3.05) is 11.9 Å². The Bertz CT molecular complexity index is 628. The third kappa shape index (κ3) is 1.81. The monoisotopic (exact) mass is 269 g/mol. The van der Waals surface area contributed by atoms with Crippen molar-refractivity contribution >= 4 is 5.69 Å². The molecule has 0 aromatic heterocycles. The Balaban J connectivity index is 1.79. The highest BCUT2D eigenvalue weighted by Gasteiger charge is 2.41. The largest absolute Gasteiger partial charge is 0.378 e. The molecule has 0 radical (unpaired) electrons. The minimum Gasteiger partial charge on any atom is -0.378 e. The van der Waals surface area contributed by atoms with E-state index < -0.39 is 0 Å². The molecule has 0 saturated carbocycles. The standard InChI is InChI=1S/C17H16FNO/c18-12-6-7-15-14(10-12)17-13(8-9-20-17)16(19-15)11-4-2-1-3-5-11/h1-7,10,13,16-17,19H,8-9H2/t13-,16-,17+/m1/s1. The normalized spacial score (nSPS) is 27.6. The zero-order valence-electron chi connectivity index (χ0n) is 11.1. The highest BCUT2D eigenvalue weighted by molar-refractivity contribution is 5.57. The Hall–Kier alpha value is -1.87. The topological polar surface area (TPSA) is 21.3 Å². The summed E-state index contributed by atoms with van der Waals surface area (Å²) in [5.41, 5.74) is 3.21. The van der Waals surface area contributed by atoms with Crippen LogP contribution in [0.5, 0.6) is 0 Å². The van der Waals surface area contributed by atoms with Crippen LogP contribution < -0.4 is 5.32 Å².